The lowest BCUT2D eigenvalue weighted by atomic mass is 10.0. The summed E-state index contributed by atoms with van der Waals surface area (Å²) in [5.41, 5.74) is 5.56. The fourth-order valence-electron chi connectivity index (χ4n) is 1.43. The molecule has 0 aromatic heterocycles. The van der Waals surface area contributed by atoms with Gasteiger partial charge in [0.05, 0.1) is 0 Å². The topological polar surface area (TPSA) is 12.0 Å². The van der Waals surface area contributed by atoms with E-state index in [4.69, 9.17) is 0 Å². The molecule has 66 valence electrons. The fraction of sp³-hybridized carbons (Fsp3) is 0.455. The van der Waals surface area contributed by atoms with Gasteiger partial charge in [0.15, 0.2) is 0 Å². The minimum absolute atomic E-state index is 0.960. The zero-order chi connectivity index (χ0) is 9.14. The Morgan fingerprint density at radius 1 is 1.08 bits per heavy atom. The van der Waals surface area contributed by atoms with Crippen molar-refractivity contribution in [2.45, 2.75) is 27.3 Å². The highest BCUT2D eigenvalue weighted by molar-refractivity contribution is 5.36. The third kappa shape index (κ3) is 1.86. The van der Waals surface area contributed by atoms with Crippen LogP contribution in [0.2, 0.25) is 0 Å². The van der Waals surface area contributed by atoms with E-state index in [1.807, 2.05) is 7.05 Å². The maximum Gasteiger partial charge on any atom is 0.0202 e. The van der Waals surface area contributed by atoms with Crippen LogP contribution in [0.4, 0.5) is 0 Å². The van der Waals surface area contributed by atoms with E-state index in [9.17, 15) is 0 Å². The largest absolute Gasteiger partial charge is 0.316 e. The van der Waals surface area contributed by atoms with E-state index < -0.39 is 0 Å². The molecule has 0 atom stereocenters. The van der Waals surface area contributed by atoms with Gasteiger partial charge in [0, 0.05) is 6.54 Å². The summed E-state index contributed by atoms with van der Waals surface area (Å²) < 4.78 is 0. The van der Waals surface area contributed by atoms with Crippen LogP contribution in [-0.4, -0.2) is 7.05 Å². The smallest absolute Gasteiger partial charge is 0.0202 e. The van der Waals surface area contributed by atoms with Crippen LogP contribution >= 0.6 is 0 Å². The summed E-state index contributed by atoms with van der Waals surface area (Å²) in [4.78, 5) is 0. The van der Waals surface area contributed by atoms with Gasteiger partial charge in [-0.25, -0.2) is 0 Å². The predicted octanol–water partition coefficient (Wildman–Crippen LogP) is 2.33. The second kappa shape index (κ2) is 3.72. The molecule has 0 spiro atoms. The van der Waals surface area contributed by atoms with E-state index >= 15 is 0 Å². The molecule has 1 nitrogen and oxygen atoms in total. The highest BCUT2D eigenvalue weighted by atomic mass is 14.8. The van der Waals surface area contributed by atoms with Crippen molar-refractivity contribution >= 4 is 0 Å². The molecule has 0 saturated carbocycles. The fourth-order valence-corrected chi connectivity index (χ4v) is 1.43. The molecule has 1 aromatic carbocycles. The van der Waals surface area contributed by atoms with Crippen molar-refractivity contribution in [2.24, 2.45) is 0 Å². The maximum absolute atomic E-state index is 3.16. The number of hydrogen-bond acceptors (Lipinski definition) is 1. The second-order valence-corrected chi connectivity index (χ2v) is 3.38. The molecule has 0 radical (unpaired) electrons. The Kier molecular flexibility index (Phi) is 2.88. The van der Waals surface area contributed by atoms with Crippen molar-refractivity contribution in [3.63, 3.8) is 0 Å². The zero-order valence-electron chi connectivity index (χ0n) is 8.36. The Morgan fingerprint density at radius 2 is 1.58 bits per heavy atom. The van der Waals surface area contributed by atoms with E-state index in [1.54, 1.807) is 0 Å². The van der Waals surface area contributed by atoms with Crippen LogP contribution in [-0.2, 0) is 6.54 Å². The molecule has 12 heavy (non-hydrogen) atoms. The minimum Gasteiger partial charge on any atom is -0.316 e. The molecule has 0 bridgehead atoms. The molecule has 1 aromatic rings. The highest BCUT2D eigenvalue weighted by Gasteiger charge is 1.99. The summed E-state index contributed by atoms with van der Waals surface area (Å²) in [6.45, 7) is 7.47. The number of hydrogen-bond donors (Lipinski definition) is 1. The van der Waals surface area contributed by atoms with E-state index in [1.165, 1.54) is 22.3 Å². The molecule has 0 heterocycles. The minimum atomic E-state index is 0.960. The summed E-state index contributed by atoms with van der Waals surface area (Å²) >= 11 is 0. The third-order valence-electron chi connectivity index (χ3n) is 2.37. The number of rotatable bonds is 2. The van der Waals surface area contributed by atoms with Crippen LogP contribution in [0.25, 0.3) is 0 Å². The molecule has 1 N–H and O–H groups in total. The lowest BCUT2D eigenvalue weighted by molar-refractivity contribution is 0.815. The van der Waals surface area contributed by atoms with Gasteiger partial charge in [0.2, 0.25) is 0 Å². The van der Waals surface area contributed by atoms with Crippen LogP contribution in [0.5, 0.6) is 0 Å². The summed E-state index contributed by atoms with van der Waals surface area (Å²) in [7, 11) is 1.98. The Morgan fingerprint density at radius 3 is 2.00 bits per heavy atom. The van der Waals surface area contributed by atoms with Crippen molar-refractivity contribution in [3.05, 3.63) is 34.4 Å². The van der Waals surface area contributed by atoms with Crippen LogP contribution in [0, 0.1) is 20.8 Å². The Labute approximate surface area is 74.8 Å². The quantitative estimate of drug-likeness (QED) is 0.705. The normalized spacial score (nSPS) is 10.3. The molecule has 0 aliphatic rings. The van der Waals surface area contributed by atoms with E-state index in [-0.39, 0.29) is 0 Å². The first-order valence-electron chi connectivity index (χ1n) is 4.36. The monoisotopic (exact) mass is 163 g/mol. The standard InChI is InChI=1S/C11H17N/c1-8-5-11(7-12-4)6-9(2)10(8)3/h5-6,12H,7H2,1-4H3. The summed E-state index contributed by atoms with van der Waals surface area (Å²) in [5.74, 6) is 0. The molecule has 1 rings (SSSR count). The molecule has 0 unspecified atom stereocenters. The van der Waals surface area contributed by atoms with Crippen molar-refractivity contribution in [1.82, 2.24) is 5.32 Å². The van der Waals surface area contributed by atoms with Crippen LogP contribution in [0.1, 0.15) is 22.3 Å². The third-order valence-corrected chi connectivity index (χ3v) is 2.37. The Balaban J connectivity index is 3.04. The molecular weight excluding hydrogens is 146 g/mol. The molecular formula is C11H17N. The van der Waals surface area contributed by atoms with E-state index in [0.29, 0.717) is 0 Å². The SMILES string of the molecule is CNCc1cc(C)c(C)c(C)c1. The average Bonchev–Trinajstić information content (AvgIpc) is 2.01. The maximum atomic E-state index is 3.16. The molecule has 1 heteroatoms. The van der Waals surface area contributed by atoms with Gasteiger partial charge in [0.25, 0.3) is 0 Å². The van der Waals surface area contributed by atoms with Gasteiger partial charge in [-0.3, -0.25) is 0 Å². The first-order chi connectivity index (χ1) is 5.65. The van der Waals surface area contributed by atoms with Gasteiger partial charge in [-0.1, -0.05) is 12.1 Å². The van der Waals surface area contributed by atoms with Gasteiger partial charge < -0.3 is 5.32 Å². The average molecular weight is 163 g/mol. The first kappa shape index (κ1) is 9.27. The van der Waals surface area contributed by atoms with Crippen LogP contribution < -0.4 is 5.32 Å². The number of benzene rings is 1. The predicted molar refractivity (Wildman–Crippen MR) is 53.4 cm³/mol. The van der Waals surface area contributed by atoms with Gasteiger partial charge in [0.1, 0.15) is 0 Å². The molecule has 0 fully saturated rings. The first-order valence-corrected chi connectivity index (χ1v) is 4.36. The van der Waals surface area contributed by atoms with Gasteiger partial charge in [-0.05, 0) is 50.1 Å². The van der Waals surface area contributed by atoms with Crippen LogP contribution in [0.15, 0.2) is 12.1 Å². The van der Waals surface area contributed by atoms with Crippen molar-refractivity contribution in [3.8, 4) is 0 Å². The van der Waals surface area contributed by atoms with E-state index in [2.05, 4.69) is 38.2 Å². The lowest BCUT2D eigenvalue weighted by Gasteiger charge is -2.08. The lowest BCUT2D eigenvalue weighted by Crippen LogP contribution is -2.05. The Bertz CT molecular complexity index is 253. The van der Waals surface area contributed by atoms with Crippen molar-refractivity contribution in [1.29, 1.82) is 0 Å². The number of nitrogens with one attached hydrogen (secondary N) is 1. The molecule has 0 aliphatic carbocycles. The molecule has 0 aliphatic heterocycles. The molecule has 0 amide bonds. The van der Waals surface area contributed by atoms with Crippen molar-refractivity contribution in [2.75, 3.05) is 7.05 Å². The second-order valence-electron chi connectivity index (χ2n) is 3.38. The summed E-state index contributed by atoms with van der Waals surface area (Å²) in [6, 6.07) is 4.50. The van der Waals surface area contributed by atoms with E-state index in [0.717, 1.165) is 6.54 Å². The molecule has 0 saturated heterocycles. The van der Waals surface area contributed by atoms with Gasteiger partial charge >= 0.3 is 0 Å². The number of aryl methyl sites for hydroxylation is 2. The van der Waals surface area contributed by atoms with Crippen molar-refractivity contribution < 1.29 is 0 Å². The van der Waals surface area contributed by atoms with Gasteiger partial charge in [-0.2, -0.15) is 0 Å². The van der Waals surface area contributed by atoms with Gasteiger partial charge in [-0.15, -0.1) is 0 Å². The zero-order valence-corrected chi connectivity index (χ0v) is 8.36. The van der Waals surface area contributed by atoms with Crippen LogP contribution in [0.3, 0.4) is 0 Å². The summed E-state index contributed by atoms with van der Waals surface area (Å²) in [6.07, 6.45) is 0. The summed E-state index contributed by atoms with van der Waals surface area (Å²) in [5, 5.41) is 3.16. The highest BCUT2D eigenvalue weighted by Crippen LogP contribution is 2.14. The Hall–Kier alpha value is -0.820.